The Morgan fingerprint density at radius 2 is 2.08 bits per heavy atom. The number of carbonyl (C=O) groups excluding carboxylic acids is 1. The summed E-state index contributed by atoms with van der Waals surface area (Å²) in [5.74, 6) is -0.111. The monoisotopic (exact) mass is 554 g/mol. The number of aromatic amines is 1. The Morgan fingerprint density at radius 1 is 1.29 bits per heavy atom. The fourth-order valence-corrected chi connectivity index (χ4v) is 7.85. The van der Waals surface area contributed by atoms with Gasteiger partial charge in [-0.3, -0.25) is 9.69 Å². The zero-order valence-corrected chi connectivity index (χ0v) is 23.4. The maximum atomic E-state index is 12.4. The molecule has 9 nitrogen and oxygen atoms in total. The third kappa shape index (κ3) is 5.66. The lowest BCUT2D eigenvalue weighted by Crippen LogP contribution is -2.38. The van der Waals surface area contributed by atoms with Gasteiger partial charge in [-0.25, -0.2) is 22.7 Å². The number of nitrogens with zero attached hydrogens (tertiary/aromatic N) is 4. The van der Waals surface area contributed by atoms with E-state index in [1.165, 1.54) is 5.57 Å². The number of rotatable bonds is 9. The summed E-state index contributed by atoms with van der Waals surface area (Å²) in [6.07, 6.45) is 7.71. The van der Waals surface area contributed by atoms with Crippen molar-refractivity contribution in [2.75, 3.05) is 32.4 Å². The van der Waals surface area contributed by atoms with E-state index >= 15 is 0 Å². The van der Waals surface area contributed by atoms with Gasteiger partial charge >= 0.3 is 0 Å². The SMILES string of the molecule is CCS(=O)(=O)N1CCC(c2c[nH]c3c(C(N)=O)cc(C4=CSC(CN(C)Cc5ccncn5)C4)cc23)CC1. The molecule has 0 aliphatic carbocycles. The number of carbonyl (C=O) groups is 1. The molecule has 11 heteroatoms. The summed E-state index contributed by atoms with van der Waals surface area (Å²) in [5, 5.41) is 3.61. The molecule has 38 heavy (non-hydrogen) atoms. The fourth-order valence-electron chi connectivity index (χ4n) is 5.51. The molecule has 3 N–H and O–H groups in total. The van der Waals surface area contributed by atoms with Gasteiger partial charge < -0.3 is 10.7 Å². The molecule has 2 aliphatic heterocycles. The average Bonchev–Trinajstić information content (AvgIpc) is 3.56. The van der Waals surface area contributed by atoms with E-state index in [0.29, 0.717) is 23.9 Å². The Morgan fingerprint density at radius 3 is 2.76 bits per heavy atom. The van der Waals surface area contributed by atoms with Gasteiger partial charge in [0.1, 0.15) is 6.33 Å². The summed E-state index contributed by atoms with van der Waals surface area (Å²) in [5.41, 5.74) is 11.4. The van der Waals surface area contributed by atoms with Crippen LogP contribution in [0.15, 0.2) is 42.3 Å². The highest BCUT2D eigenvalue weighted by atomic mass is 32.2. The fraction of sp³-hybridized carbons (Fsp3) is 0.444. The van der Waals surface area contributed by atoms with E-state index in [9.17, 15) is 13.2 Å². The van der Waals surface area contributed by atoms with Crippen LogP contribution in [0.4, 0.5) is 0 Å². The van der Waals surface area contributed by atoms with E-state index in [2.05, 4.69) is 38.4 Å². The molecule has 1 fully saturated rings. The summed E-state index contributed by atoms with van der Waals surface area (Å²) in [6.45, 7) is 4.39. The molecule has 0 spiro atoms. The molecular formula is C27H34N6O3S2. The van der Waals surface area contributed by atoms with Crippen LogP contribution in [0.1, 0.15) is 59.3 Å². The number of allylic oxidation sites excluding steroid dienone is 1. The highest BCUT2D eigenvalue weighted by Gasteiger charge is 2.30. The first kappa shape index (κ1) is 26.9. The Bertz CT molecular complexity index is 1450. The molecule has 0 radical (unpaired) electrons. The lowest BCUT2D eigenvalue weighted by atomic mass is 9.88. The zero-order valence-electron chi connectivity index (χ0n) is 21.8. The standard InChI is InChI=1S/C27H34N6O3S2/c1-3-38(35,36)33-8-5-18(6-9-33)25-13-30-26-23(25)11-19(12-24(26)27(28)34)20-10-22(37-16-20)15-32(2)14-21-4-7-29-17-31-21/h4,7,11-13,16-18,22,30H,3,5-6,8-10,14-15H2,1-2H3,(H2,28,34). The smallest absolute Gasteiger partial charge is 0.250 e. The molecule has 1 unspecified atom stereocenters. The van der Waals surface area contributed by atoms with E-state index in [0.717, 1.165) is 60.1 Å². The highest BCUT2D eigenvalue weighted by molar-refractivity contribution is 8.03. The zero-order chi connectivity index (χ0) is 26.9. The van der Waals surface area contributed by atoms with Crippen LogP contribution in [0.2, 0.25) is 0 Å². The second kappa shape index (κ2) is 11.2. The van der Waals surface area contributed by atoms with Crippen molar-refractivity contribution in [3.8, 4) is 0 Å². The number of sulfonamides is 1. The molecule has 2 aliphatic rings. The predicted molar refractivity (Wildman–Crippen MR) is 152 cm³/mol. The minimum atomic E-state index is -3.18. The molecule has 0 saturated carbocycles. The maximum absolute atomic E-state index is 12.4. The molecule has 1 saturated heterocycles. The molecule has 1 amide bonds. The Hall–Kier alpha value is -2.73. The molecule has 3 aromatic rings. The predicted octanol–water partition coefficient (Wildman–Crippen LogP) is 3.56. The van der Waals surface area contributed by atoms with E-state index in [1.54, 1.807) is 23.8 Å². The number of hydrogen-bond acceptors (Lipinski definition) is 7. The lowest BCUT2D eigenvalue weighted by molar-refractivity contribution is 0.100. The molecule has 0 bridgehead atoms. The third-order valence-electron chi connectivity index (χ3n) is 7.55. The first-order valence-electron chi connectivity index (χ1n) is 13.0. The number of H-pyrrole nitrogens is 1. The molecule has 5 rings (SSSR count). The van der Waals surface area contributed by atoms with Crippen molar-refractivity contribution in [1.29, 1.82) is 0 Å². The topological polar surface area (TPSA) is 125 Å². The number of amides is 1. The summed E-state index contributed by atoms with van der Waals surface area (Å²) < 4.78 is 26.2. The number of fused-ring (bicyclic) bond motifs is 1. The van der Waals surface area contributed by atoms with Crippen LogP contribution in [-0.4, -0.2) is 76.2 Å². The molecule has 1 atom stereocenters. The van der Waals surface area contributed by atoms with Gasteiger partial charge in [0.05, 0.1) is 22.5 Å². The number of aromatic nitrogens is 3. The number of nitrogens with two attached hydrogens (primary N) is 1. The largest absolute Gasteiger partial charge is 0.366 e. The van der Waals surface area contributed by atoms with Crippen LogP contribution in [0.5, 0.6) is 0 Å². The van der Waals surface area contributed by atoms with E-state index in [4.69, 9.17) is 5.73 Å². The first-order chi connectivity index (χ1) is 18.2. The van der Waals surface area contributed by atoms with Gasteiger partial charge in [-0.2, -0.15) is 0 Å². The van der Waals surface area contributed by atoms with Gasteiger partial charge in [-0.15, -0.1) is 11.8 Å². The number of benzene rings is 1. The highest BCUT2D eigenvalue weighted by Crippen LogP contribution is 2.40. The lowest BCUT2D eigenvalue weighted by Gasteiger charge is -2.31. The van der Waals surface area contributed by atoms with Crippen molar-refractivity contribution in [1.82, 2.24) is 24.2 Å². The quantitative estimate of drug-likeness (QED) is 0.414. The van der Waals surface area contributed by atoms with Gasteiger partial charge in [0.15, 0.2) is 0 Å². The number of primary amides is 1. The second-order valence-corrected chi connectivity index (χ2v) is 13.6. The van der Waals surface area contributed by atoms with Gasteiger partial charge in [0, 0.05) is 49.2 Å². The van der Waals surface area contributed by atoms with Crippen molar-refractivity contribution in [2.24, 2.45) is 5.73 Å². The van der Waals surface area contributed by atoms with Crippen LogP contribution >= 0.6 is 11.8 Å². The summed E-state index contributed by atoms with van der Waals surface area (Å²) in [6, 6.07) is 6.01. The molecule has 1 aromatic carbocycles. The van der Waals surface area contributed by atoms with Gasteiger partial charge in [0.25, 0.3) is 5.91 Å². The van der Waals surface area contributed by atoms with Crippen molar-refractivity contribution < 1.29 is 13.2 Å². The number of nitrogens with one attached hydrogen (secondary N) is 1. The van der Waals surface area contributed by atoms with Crippen LogP contribution in [0, 0.1) is 0 Å². The Kier molecular flexibility index (Phi) is 7.90. The molecular weight excluding hydrogens is 520 g/mol. The normalized spacial score (nSPS) is 19.3. The van der Waals surface area contributed by atoms with Crippen LogP contribution in [0.3, 0.4) is 0 Å². The molecule has 2 aromatic heterocycles. The van der Waals surface area contributed by atoms with Crippen LogP contribution < -0.4 is 5.73 Å². The summed E-state index contributed by atoms with van der Waals surface area (Å²) in [4.78, 5) is 26.3. The summed E-state index contributed by atoms with van der Waals surface area (Å²) >= 11 is 1.82. The molecule has 202 valence electrons. The van der Waals surface area contributed by atoms with E-state index < -0.39 is 15.9 Å². The van der Waals surface area contributed by atoms with E-state index in [-0.39, 0.29) is 11.7 Å². The number of hydrogen-bond donors (Lipinski definition) is 2. The van der Waals surface area contributed by atoms with Gasteiger partial charge in [-0.05, 0) is 79.5 Å². The van der Waals surface area contributed by atoms with Crippen LogP contribution in [0.25, 0.3) is 16.5 Å². The van der Waals surface area contributed by atoms with Crippen molar-refractivity contribution in [2.45, 2.75) is 43.9 Å². The first-order valence-corrected chi connectivity index (χ1v) is 15.5. The molecule has 4 heterocycles. The minimum absolute atomic E-state index is 0.126. The van der Waals surface area contributed by atoms with Gasteiger partial charge in [0.2, 0.25) is 10.0 Å². The van der Waals surface area contributed by atoms with Crippen molar-refractivity contribution in [3.05, 3.63) is 64.7 Å². The Balaban J connectivity index is 1.33. The van der Waals surface area contributed by atoms with Crippen molar-refractivity contribution >= 4 is 44.2 Å². The number of thioether (sulfide) groups is 1. The van der Waals surface area contributed by atoms with E-state index in [1.807, 2.05) is 30.1 Å². The maximum Gasteiger partial charge on any atom is 0.250 e. The minimum Gasteiger partial charge on any atom is -0.366 e. The number of piperidine rings is 1. The van der Waals surface area contributed by atoms with Crippen molar-refractivity contribution in [3.63, 3.8) is 0 Å². The average molecular weight is 555 g/mol. The summed E-state index contributed by atoms with van der Waals surface area (Å²) in [7, 11) is -1.08. The van der Waals surface area contributed by atoms with Crippen LogP contribution in [-0.2, 0) is 16.6 Å². The van der Waals surface area contributed by atoms with Gasteiger partial charge in [-0.1, -0.05) is 0 Å². The Labute approximate surface area is 227 Å². The third-order valence-corrected chi connectivity index (χ3v) is 10.6. The second-order valence-electron chi connectivity index (χ2n) is 10.1.